The Labute approximate surface area is 73.0 Å². The van der Waals surface area contributed by atoms with E-state index in [2.05, 4.69) is 4.98 Å². The van der Waals surface area contributed by atoms with Crippen LogP contribution in [-0.4, -0.2) is 16.3 Å². The molecule has 1 aromatic heterocycles. The van der Waals surface area contributed by atoms with Crippen LogP contribution in [0.4, 0.5) is 13.2 Å². The molecule has 0 aliphatic rings. The summed E-state index contributed by atoms with van der Waals surface area (Å²) >= 11 is 0. The van der Waals surface area contributed by atoms with Gasteiger partial charge in [0.05, 0.1) is 0 Å². The van der Waals surface area contributed by atoms with Crippen LogP contribution in [0.2, 0.25) is 0 Å². The van der Waals surface area contributed by atoms with E-state index in [-0.39, 0.29) is 5.56 Å². The minimum absolute atomic E-state index is 0.262. The van der Waals surface area contributed by atoms with E-state index in [0.29, 0.717) is 6.92 Å². The van der Waals surface area contributed by atoms with Crippen LogP contribution in [0.1, 0.15) is 12.5 Å². The van der Waals surface area contributed by atoms with Gasteiger partial charge >= 0.3 is 6.18 Å². The molecule has 1 aromatic rings. The summed E-state index contributed by atoms with van der Waals surface area (Å²) in [7, 11) is 0. The van der Waals surface area contributed by atoms with Crippen molar-refractivity contribution in [1.29, 1.82) is 0 Å². The zero-order valence-corrected chi connectivity index (χ0v) is 6.84. The van der Waals surface area contributed by atoms with Crippen molar-refractivity contribution in [2.45, 2.75) is 18.7 Å². The maximum atomic E-state index is 12.2. The number of halogens is 3. The van der Waals surface area contributed by atoms with Gasteiger partial charge in [-0.25, -0.2) is 0 Å². The molecule has 13 heavy (non-hydrogen) atoms. The molecule has 0 saturated heterocycles. The van der Waals surface area contributed by atoms with E-state index in [1.54, 1.807) is 0 Å². The first-order chi connectivity index (χ1) is 5.86. The van der Waals surface area contributed by atoms with E-state index in [1.165, 1.54) is 18.3 Å². The Morgan fingerprint density at radius 3 is 2.38 bits per heavy atom. The fourth-order valence-electron chi connectivity index (χ4n) is 0.814. The molecule has 0 radical (unpaired) electrons. The van der Waals surface area contributed by atoms with Crippen LogP contribution >= 0.6 is 0 Å². The van der Waals surface area contributed by atoms with Crippen molar-refractivity contribution in [3.63, 3.8) is 0 Å². The van der Waals surface area contributed by atoms with Gasteiger partial charge in [0, 0.05) is 18.0 Å². The third kappa shape index (κ3) is 1.80. The molecule has 2 nitrogen and oxygen atoms in total. The van der Waals surface area contributed by atoms with Crippen molar-refractivity contribution in [1.82, 2.24) is 4.98 Å². The Kier molecular flexibility index (Phi) is 2.30. The fraction of sp³-hybridized carbons (Fsp3) is 0.375. The first-order valence-corrected chi connectivity index (χ1v) is 3.55. The number of aromatic nitrogens is 1. The highest BCUT2D eigenvalue weighted by atomic mass is 19.4. The molecule has 0 fully saturated rings. The van der Waals surface area contributed by atoms with Gasteiger partial charge in [-0.3, -0.25) is 4.98 Å². The second kappa shape index (κ2) is 2.99. The second-order valence-electron chi connectivity index (χ2n) is 2.81. The van der Waals surface area contributed by atoms with Gasteiger partial charge in [-0.1, -0.05) is 6.07 Å². The van der Waals surface area contributed by atoms with Gasteiger partial charge in [-0.15, -0.1) is 0 Å². The molecule has 0 aliphatic carbocycles. The van der Waals surface area contributed by atoms with E-state index >= 15 is 0 Å². The molecule has 0 amide bonds. The van der Waals surface area contributed by atoms with E-state index in [9.17, 15) is 13.2 Å². The maximum Gasteiger partial charge on any atom is 0.421 e. The van der Waals surface area contributed by atoms with Gasteiger partial charge in [0.15, 0.2) is 5.60 Å². The molecule has 1 unspecified atom stereocenters. The van der Waals surface area contributed by atoms with Gasteiger partial charge in [-0.05, 0) is 13.0 Å². The normalized spacial score (nSPS) is 16.7. The van der Waals surface area contributed by atoms with Crippen LogP contribution in [0, 0.1) is 0 Å². The lowest BCUT2D eigenvalue weighted by molar-refractivity contribution is -0.259. The van der Waals surface area contributed by atoms with Crippen molar-refractivity contribution in [3.05, 3.63) is 30.1 Å². The molecule has 5 heteroatoms. The van der Waals surface area contributed by atoms with E-state index in [1.807, 2.05) is 0 Å². The fourth-order valence-corrected chi connectivity index (χ4v) is 0.814. The van der Waals surface area contributed by atoms with Crippen LogP contribution in [-0.2, 0) is 5.60 Å². The Balaban J connectivity index is 3.08. The van der Waals surface area contributed by atoms with Gasteiger partial charge in [0.2, 0.25) is 0 Å². The SMILES string of the molecule is CC(O)(c1cccnc1)C(F)(F)F. The summed E-state index contributed by atoms with van der Waals surface area (Å²) in [4.78, 5) is 3.50. The number of hydrogen-bond acceptors (Lipinski definition) is 2. The molecule has 0 spiro atoms. The summed E-state index contributed by atoms with van der Waals surface area (Å²) < 4.78 is 36.7. The van der Waals surface area contributed by atoms with E-state index in [0.717, 1.165) is 6.20 Å². The molecule has 1 heterocycles. The number of aliphatic hydroxyl groups is 1. The second-order valence-corrected chi connectivity index (χ2v) is 2.81. The molecule has 0 aliphatic heterocycles. The van der Waals surface area contributed by atoms with Crippen LogP contribution in [0.5, 0.6) is 0 Å². The van der Waals surface area contributed by atoms with E-state index < -0.39 is 11.8 Å². The highest BCUT2D eigenvalue weighted by molar-refractivity contribution is 5.18. The quantitative estimate of drug-likeness (QED) is 0.734. The molecule has 1 atom stereocenters. The predicted octanol–water partition coefficient (Wildman–Crippen LogP) is 1.85. The van der Waals surface area contributed by atoms with E-state index in [4.69, 9.17) is 5.11 Å². The number of alkyl halides is 3. The van der Waals surface area contributed by atoms with Crippen LogP contribution in [0.3, 0.4) is 0 Å². The number of rotatable bonds is 1. The minimum atomic E-state index is -4.68. The lowest BCUT2D eigenvalue weighted by atomic mass is 9.97. The highest BCUT2D eigenvalue weighted by Gasteiger charge is 2.51. The third-order valence-electron chi connectivity index (χ3n) is 1.78. The Bertz CT molecular complexity index is 281. The summed E-state index contributed by atoms with van der Waals surface area (Å²) in [6.07, 6.45) is -2.35. The monoisotopic (exact) mass is 191 g/mol. The van der Waals surface area contributed by atoms with Gasteiger partial charge in [-0.2, -0.15) is 13.2 Å². The largest absolute Gasteiger partial charge is 0.421 e. The standard InChI is InChI=1S/C8H8F3NO/c1-7(13,8(9,10)11)6-3-2-4-12-5-6/h2-5,13H,1H3. The number of hydrogen-bond donors (Lipinski definition) is 1. The number of nitrogens with zero attached hydrogens (tertiary/aromatic N) is 1. The Morgan fingerprint density at radius 1 is 1.38 bits per heavy atom. The topological polar surface area (TPSA) is 33.1 Å². The maximum absolute atomic E-state index is 12.2. The van der Waals surface area contributed by atoms with Crippen LogP contribution in [0.25, 0.3) is 0 Å². The Hall–Kier alpha value is -1.10. The molecule has 72 valence electrons. The van der Waals surface area contributed by atoms with Crippen molar-refractivity contribution in [2.75, 3.05) is 0 Å². The summed E-state index contributed by atoms with van der Waals surface area (Å²) in [6.45, 7) is 0.698. The average molecular weight is 191 g/mol. The van der Waals surface area contributed by atoms with Gasteiger partial charge < -0.3 is 5.11 Å². The van der Waals surface area contributed by atoms with Crippen molar-refractivity contribution < 1.29 is 18.3 Å². The van der Waals surface area contributed by atoms with Gasteiger partial charge in [0.1, 0.15) is 0 Å². The van der Waals surface area contributed by atoms with Crippen molar-refractivity contribution >= 4 is 0 Å². The number of pyridine rings is 1. The molecule has 0 aromatic carbocycles. The Morgan fingerprint density at radius 2 is 2.00 bits per heavy atom. The molecular formula is C8H8F3NO. The molecular weight excluding hydrogens is 183 g/mol. The summed E-state index contributed by atoms with van der Waals surface area (Å²) in [5.74, 6) is 0. The summed E-state index contributed by atoms with van der Waals surface area (Å²) in [6, 6.07) is 2.52. The average Bonchev–Trinajstić information content (AvgIpc) is 2.04. The first kappa shape index (κ1) is 9.98. The van der Waals surface area contributed by atoms with Crippen molar-refractivity contribution in [2.24, 2.45) is 0 Å². The molecule has 0 saturated carbocycles. The minimum Gasteiger partial charge on any atom is -0.376 e. The molecule has 0 bridgehead atoms. The van der Waals surface area contributed by atoms with Crippen LogP contribution in [0.15, 0.2) is 24.5 Å². The predicted molar refractivity (Wildman–Crippen MR) is 39.9 cm³/mol. The lowest BCUT2D eigenvalue weighted by Crippen LogP contribution is -2.39. The first-order valence-electron chi connectivity index (χ1n) is 3.55. The molecule has 1 N–H and O–H groups in total. The summed E-state index contributed by atoms with van der Waals surface area (Å²) in [5, 5.41) is 9.16. The van der Waals surface area contributed by atoms with Crippen LogP contribution < -0.4 is 0 Å². The summed E-state index contributed by atoms with van der Waals surface area (Å²) in [5.41, 5.74) is -3.09. The lowest BCUT2D eigenvalue weighted by Gasteiger charge is -2.25. The highest BCUT2D eigenvalue weighted by Crippen LogP contribution is 2.37. The van der Waals surface area contributed by atoms with Crippen molar-refractivity contribution in [3.8, 4) is 0 Å². The zero-order valence-electron chi connectivity index (χ0n) is 6.84. The smallest absolute Gasteiger partial charge is 0.376 e. The third-order valence-corrected chi connectivity index (χ3v) is 1.78. The van der Waals surface area contributed by atoms with Gasteiger partial charge in [0.25, 0.3) is 0 Å². The molecule has 1 rings (SSSR count). The zero-order chi connectivity index (χ0) is 10.1.